The zero-order valence-electron chi connectivity index (χ0n) is 21.1. The predicted molar refractivity (Wildman–Crippen MR) is 143 cm³/mol. The van der Waals surface area contributed by atoms with Crippen molar-refractivity contribution in [2.24, 2.45) is 5.92 Å². The second-order valence-corrected chi connectivity index (χ2v) is 11.7. The summed E-state index contributed by atoms with van der Waals surface area (Å²) in [5.74, 6) is 1.90. The predicted octanol–water partition coefficient (Wildman–Crippen LogP) is 5.84. The van der Waals surface area contributed by atoms with Crippen molar-refractivity contribution in [3.8, 4) is 5.75 Å². The SMILES string of the molecule is CCCCC(CC)CSc1ccc(C)cc1NC(=O)/C=C1/Nc2cc(OC)ccc2S(=O)(=O)N1C. The van der Waals surface area contributed by atoms with Gasteiger partial charge in [0.25, 0.3) is 15.9 Å². The van der Waals surface area contributed by atoms with Crippen molar-refractivity contribution in [1.29, 1.82) is 0 Å². The zero-order valence-corrected chi connectivity index (χ0v) is 22.7. The number of anilines is 2. The molecule has 1 atom stereocenters. The molecule has 7 nitrogen and oxygen atoms in total. The van der Waals surface area contributed by atoms with Crippen LogP contribution < -0.4 is 15.4 Å². The lowest BCUT2D eigenvalue weighted by Crippen LogP contribution is -2.35. The number of nitrogens with zero attached hydrogens (tertiary/aromatic N) is 1. The van der Waals surface area contributed by atoms with Crippen molar-refractivity contribution in [3.05, 3.63) is 53.9 Å². The van der Waals surface area contributed by atoms with Gasteiger partial charge >= 0.3 is 0 Å². The van der Waals surface area contributed by atoms with E-state index in [1.807, 2.05) is 25.1 Å². The maximum Gasteiger partial charge on any atom is 0.267 e. The number of carbonyl (C=O) groups excluding carboxylic acids is 1. The molecule has 1 unspecified atom stereocenters. The molecule has 2 N–H and O–H groups in total. The third-order valence-electron chi connectivity index (χ3n) is 6.11. The van der Waals surface area contributed by atoms with Crippen LogP contribution in [0.3, 0.4) is 0 Å². The Balaban J connectivity index is 1.81. The van der Waals surface area contributed by atoms with Gasteiger partial charge in [0.05, 0.1) is 18.5 Å². The van der Waals surface area contributed by atoms with Gasteiger partial charge in [0.1, 0.15) is 16.5 Å². The maximum atomic E-state index is 13.0. The van der Waals surface area contributed by atoms with Crippen LogP contribution in [0.1, 0.15) is 45.1 Å². The molecule has 190 valence electrons. The normalized spacial score (nSPS) is 16.4. The summed E-state index contributed by atoms with van der Waals surface area (Å²) in [6.45, 7) is 6.41. The van der Waals surface area contributed by atoms with E-state index in [1.54, 1.807) is 23.9 Å². The Kier molecular flexibility index (Phi) is 9.13. The minimum Gasteiger partial charge on any atom is -0.497 e. The third kappa shape index (κ3) is 6.52. The van der Waals surface area contributed by atoms with Crippen LogP contribution in [0.25, 0.3) is 0 Å². The van der Waals surface area contributed by atoms with Crippen molar-refractivity contribution < 1.29 is 17.9 Å². The second kappa shape index (κ2) is 11.9. The van der Waals surface area contributed by atoms with E-state index in [0.29, 0.717) is 17.4 Å². The summed E-state index contributed by atoms with van der Waals surface area (Å²) >= 11 is 1.75. The van der Waals surface area contributed by atoms with Crippen LogP contribution in [-0.4, -0.2) is 38.5 Å². The van der Waals surface area contributed by atoms with Gasteiger partial charge in [-0.3, -0.25) is 9.10 Å². The molecular weight excluding hydrogens is 482 g/mol. The highest BCUT2D eigenvalue weighted by molar-refractivity contribution is 7.99. The Morgan fingerprint density at radius 2 is 2.00 bits per heavy atom. The molecule has 3 rings (SSSR count). The Bertz CT molecular complexity index is 1200. The number of methoxy groups -OCH3 is 1. The van der Waals surface area contributed by atoms with Gasteiger partial charge < -0.3 is 15.4 Å². The highest BCUT2D eigenvalue weighted by Crippen LogP contribution is 2.35. The number of hydrogen-bond donors (Lipinski definition) is 2. The highest BCUT2D eigenvalue weighted by atomic mass is 32.2. The topological polar surface area (TPSA) is 87.7 Å². The van der Waals surface area contributed by atoms with Crippen LogP contribution in [0.5, 0.6) is 5.75 Å². The third-order valence-corrected chi connectivity index (χ3v) is 9.24. The molecule has 0 fully saturated rings. The number of nitrogens with one attached hydrogen (secondary N) is 2. The minimum atomic E-state index is -3.79. The summed E-state index contributed by atoms with van der Waals surface area (Å²) in [6.07, 6.45) is 6.02. The van der Waals surface area contributed by atoms with Gasteiger partial charge in [0.15, 0.2) is 0 Å². The molecule has 2 aromatic carbocycles. The van der Waals surface area contributed by atoms with Crippen LogP contribution in [0.15, 0.2) is 58.1 Å². The molecule has 1 aliphatic rings. The molecular formula is C26H35N3O4S2. The fourth-order valence-electron chi connectivity index (χ4n) is 3.85. The maximum absolute atomic E-state index is 13.0. The largest absolute Gasteiger partial charge is 0.497 e. The number of fused-ring (bicyclic) bond motifs is 1. The monoisotopic (exact) mass is 517 g/mol. The Morgan fingerprint density at radius 3 is 2.69 bits per heavy atom. The van der Waals surface area contributed by atoms with Crippen LogP contribution in [0.4, 0.5) is 11.4 Å². The van der Waals surface area contributed by atoms with Crippen LogP contribution in [-0.2, 0) is 14.8 Å². The Labute approximate surface area is 213 Å². The van der Waals surface area contributed by atoms with Crippen LogP contribution in [0.2, 0.25) is 0 Å². The van der Waals surface area contributed by atoms with Gasteiger partial charge in [0.2, 0.25) is 0 Å². The average Bonchev–Trinajstić information content (AvgIpc) is 2.83. The average molecular weight is 518 g/mol. The number of unbranched alkanes of at least 4 members (excludes halogenated alkanes) is 1. The fraction of sp³-hybridized carbons (Fsp3) is 0.423. The quantitative estimate of drug-likeness (QED) is 0.304. The standard InChI is InChI=1S/C26H35N3O4S2/c1-6-8-9-19(7-2)17-34-23-12-10-18(3)14-21(23)28-26(30)16-25-27-22-15-20(33-5)11-13-24(22)35(31,32)29(25)4/h10-16,19,27H,6-9,17H2,1-5H3,(H,28,30)/b25-16-. The summed E-state index contributed by atoms with van der Waals surface area (Å²) in [5, 5.41) is 6.00. The molecule has 0 spiro atoms. The molecule has 1 aliphatic heterocycles. The zero-order chi connectivity index (χ0) is 25.6. The molecule has 0 saturated heterocycles. The lowest BCUT2D eigenvalue weighted by molar-refractivity contribution is -0.112. The number of amides is 1. The van der Waals surface area contributed by atoms with E-state index in [0.717, 1.165) is 32.6 Å². The summed E-state index contributed by atoms with van der Waals surface area (Å²) in [4.78, 5) is 14.1. The minimum absolute atomic E-state index is 0.129. The van der Waals surface area contributed by atoms with Gasteiger partial charge in [-0.1, -0.05) is 39.2 Å². The van der Waals surface area contributed by atoms with E-state index in [-0.39, 0.29) is 10.7 Å². The smallest absolute Gasteiger partial charge is 0.267 e. The summed E-state index contributed by atoms with van der Waals surface area (Å²) in [7, 11) is -0.861. The summed E-state index contributed by atoms with van der Waals surface area (Å²) in [6, 6.07) is 10.7. The number of carbonyl (C=O) groups is 1. The van der Waals surface area contributed by atoms with Crippen LogP contribution >= 0.6 is 11.8 Å². The lowest BCUT2D eigenvalue weighted by atomic mass is 10.0. The van der Waals surface area contributed by atoms with Crippen LogP contribution in [0, 0.1) is 12.8 Å². The number of sulfonamides is 1. The first-order valence-corrected chi connectivity index (χ1v) is 14.3. The van der Waals surface area contributed by atoms with E-state index < -0.39 is 15.9 Å². The van der Waals surface area contributed by atoms with Crippen molar-refractivity contribution >= 4 is 39.1 Å². The molecule has 0 radical (unpaired) electrons. The number of ether oxygens (including phenoxy) is 1. The summed E-state index contributed by atoms with van der Waals surface area (Å²) < 4.78 is 32.2. The molecule has 35 heavy (non-hydrogen) atoms. The van der Waals surface area contributed by atoms with Gasteiger partial charge in [-0.15, -0.1) is 11.8 Å². The first kappa shape index (κ1) is 26.9. The lowest BCUT2D eigenvalue weighted by Gasteiger charge is -2.30. The highest BCUT2D eigenvalue weighted by Gasteiger charge is 2.32. The Hall–Kier alpha value is -2.65. The number of rotatable bonds is 10. The molecule has 2 aromatic rings. The number of hydrogen-bond acceptors (Lipinski definition) is 6. The molecule has 9 heteroatoms. The van der Waals surface area contributed by atoms with Gasteiger partial charge in [-0.25, -0.2) is 8.42 Å². The number of thioether (sulfide) groups is 1. The van der Waals surface area contributed by atoms with Gasteiger partial charge in [0, 0.05) is 29.8 Å². The first-order chi connectivity index (χ1) is 16.7. The number of benzene rings is 2. The molecule has 1 heterocycles. The van der Waals surface area contributed by atoms with Crippen molar-refractivity contribution in [3.63, 3.8) is 0 Å². The van der Waals surface area contributed by atoms with Crippen molar-refractivity contribution in [1.82, 2.24) is 4.31 Å². The first-order valence-electron chi connectivity index (χ1n) is 11.9. The molecule has 0 saturated carbocycles. The van der Waals surface area contributed by atoms with E-state index in [9.17, 15) is 13.2 Å². The molecule has 0 bridgehead atoms. The van der Waals surface area contributed by atoms with E-state index in [4.69, 9.17) is 4.74 Å². The van der Waals surface area contributed by atoms with Crippen molar-refractivity contribution in [2.75, 3.05) is 30.5 Å². The Morgan fingerprint density at radius 1 is 1.23 bits per heavy atom. The molecule has 0 aromatic heterocycles. The summed E-state index contributed by atoms with van der Waals surface area (Å²) in [5.41, 5.74) is 2.13. The second-order valence-electron chi connectivity index (χ2n) is 8.71. The van der Waals surface area contributed by atoms with E-state index in [1.165, 1.54) is 45.6 Å². The fourth-order valence-corrected chi connectivity index (χ4v) is 6.37. The molecule has 0 aliphatic carbocycles. The molecule has 1 amide bonds. The van der Waals surface area contributed by atoms with Gasteiger partial charge in [-0.05, 0) is 49.1 Å². The van der Waals surface area contributed by atoms with E-state index in [2.05, 4.69) is 24.5 Å². The van der Waals surface area contributed by atoms with Gasteiger partial charge in [-0.2, -0.15) is 0 Å². The van der Waals surface area contributed by atoms with Crippen molar-refractivity contribution in [2.45, 2.75) is 56.2 Å². The number of aryl methyl sites for hydroxylation is 1. The van der Waals surface area contributed by atoms with E-state index >= 15 is 0 Å².